The highest BCUT2D eigenvalue weighted by atomic mass is 32.1. The van der Waals surface area contributed by atoms with Crippen LogP contribution in [-0.2, 0) is 22.1 Å². The van der Waals surface area contributed by atoms with E-state index >= 15 is 0 Å². The van der Waals surface area contributed by atoms with Crippen molar-refractivity contribution in [3.8, 4) is 0 Å². The molecule has 0 aromatic carbocycles. The van der Waals surface area contributed by atoms with Gasteiger partial charge in [0.05, 0.1) is 18.2 Å². The van der Waals surface area contributed by atoms with Crippen molar-refractivity contribution in [1.82, 2.24) is 15.1 Å². The van der Waals surface area contributed by atoms with Crippen molar-refractivity contribution in [1.29, 1.82) is 0 Å². The zero-order valence-electron chi connectivity index (χ0n) is 14.7. The predicted molar refractivity (Wildman–Crippen MR) is 96.0 cm³/mol. The quantitative estimate of drug-likeness (QED) is 0.872. The van der Waals surface area contributed by atoms with Gasteiger partial charge in [-0.3, -0.25) is 14.3 Å². The normalized spacial score (nSPS) is 12.7. The fraction of sp³-hybridized carbons (Fsp3) is 0.471. The molecule has 0 aliphatic rings. The van der Waals surface area contributed by atoms with E-state index in [1.165, 1.54) is 18.3 Å². The van der Waals surface area contributed by atoms with E-state index in [9.17, 15) is 9.59 Å². The van der Waals surface area contributed by atoms with Gasteiger partial charge in [0.2, 0.25) is 11.8 Å². The van der Waals surface area contributed by atoms with Crippen LogP contribution in [0.1, 0.15) is 50.7 Å². The molecule has 0 spiro atoms. The number of amides is 2. The molecule has 0 fully saturated rings. The second-order valence-electron chi connectivity index (χ2n) is 6.81. The van der Waals surface area contributed by atoms with E-state index in [0.29, 0.717) is 5.82 Å². The smallest absolute Gasteiger partial charge is 0.227 e. The van der Waals surface area contributed by atoms with Gasteiger partial charge in [0, 0.05) is 30.3 Å². The molecule has 1 atom stereocenters. The van der Waals surface area contributed by atoms with Crippen LogP contribution in [0, 0.1) is 0 Å². The minimum Gasteiger partial charge on any atom is -0.348 e. The minimum atomic E-state index is -0.321. The number of carbonyl (C=O) groups excluding carboxylic acids is 2. The van der Waals surface area contributed by atoms with Crippen molar-refractivity contribution in [3.63, 3.8) is 0 Å². The summed E-state index contributed by atoms with van der Waals surface area (Å²) in [5.41, 5.74) is 0.827. The number of hydrogen-bond donors (Lipinski definition) is 2. The molecule has 2 amide bonds. The van der Waals surface area contributed by atoms with Crippen molar-refractivity contribution in [2.24, 2.45) is 7.05 Å². The SMILES string of the molecule is CC(=O)N[C@H](CC(=O)Nc1cc(C(C)(C)C)nn1C)c1cccs1. The number of nitrogens with one attached hydrogen (secondary N) is 2. The first kappa shape index (κ1) is 18.2. The van der Waals surface area contributed by atoms with Crippen LogP contribution < -0.4 is 10.6 Å². The van der Waals surface area contributed by atoms with Crippen molar-refractivity contribution in [3.05, 3.63) is 34.2 Å². The Morgan fingerprint density at radius 3 is 2.58 bits per heavy atom. The molecule has 6 nitrogen and oxygen atoms in total. The second kappa shape index (κ2) is 7.17. The van der Waals surface area contributed by atoms with E-state index in [4.69, 9.17) is 0 Å². The molecule has 2 N–H and O–H groups in total. The maximum atomic E-state index is 12.4. The number of carbonyl (C=O) groups is 2. The fourth-order valence-corrected chi connectivity index (χ4v) is 3.07. The van der Waals surface area contributed by atoms with Crippen LogP contribution >= 0.6 is 11.3 Å². The van der Waals surface area contributed by atoms with Gasteiger partial charge in [-0.05, 0) is 11.4 Å². The molecule has 0 unspecified atom stereocenters. The van der Waals surface area contributed by atoms with Crippen molar-refractivity contribution < 1.29 is 9.59 Å². The summed E-state index contributed by atoms with van der Waals surface area (Å²) >= 11 is 1.52. The summed E-state index contributed by atoms with van der Waals surface area (Å²) in [4.78, 5) is 24.8. The first-order valence-electron chi connectivity index (χ1n) is 7.81. The lowest BCUT2D eigenvalue weighted by atomic mass is 9.92. The van der Waals surface area contributed by atoms with Crippen molar-refractivity contribution in [2.45, 2.75) is 45.6 Å². The van der Waals surface area contributed by atoms with Crippen LogP contribution in [-0.4, -0.2) is 21.6 Å². The molecular formula is C17H24N4O2S. The highest BCUT2D eigenvalue weighted by Gasteiger charge is 2.22. The summed E-state index contributed by atoms with van der Waals surface area (Å²) in [6.45, 7) is 7.68. The van der Waals surface area contributed by atoms with Gasteiger partial charge in [0.15, 0.2) is 0 Å². The Hall–Kier alpha value is -2.15. The summed E-state index contributed by atoms with van der Waals surface area (Å²) < 4.78 is 1.66. The Bertz CT molecular complexity index is 714. The van der Waals surface area contributed by atoms with Crippen LogP contribution in [0.2, 0.25) is 0 Å². The maximum absolute atomic E-state index is 12.4. The summed E-state index contributed by atoms with van der Waals surface area (Å²) in [5.74, 6) is 0.333. The van der Waals surface area contributed by atoms with Gasteiger partial charge in [0.1, 0.15) is 5.82 Å². The number of nitrogens with zero attached hydrogens (tertiary/aromatic N) is 2. The lowest BCUT2D eigenvalue weighted by Crippen LogP contribution is -2.29. The molecule has 24 heavy (non-hydrogen) atoms. The van der Waals surface area contributed by atoms with Crippen LogP contribution in [0.3, 0.4) is 0 Å². The minimum absolute atomic E-state index is 0.0869. The van der Waals surface area contributed by atoms with Gasteiger partial charge in [-0.2, -0.15) is 5.10 Å². The molecular weight excluding hydrogens is 324 g/mol. The van der Waals surface area contributed by atoms with Crippen LogP contribution in [0.4, 0.5) is 5.82 Å². The molecule has 0 saturated carbocycles. The lowest BCUT2D eigenvalue weighted by molar-refractivity contribution is -0.120. The van der Waals surface area contributed by atoms with Gasteiger partial charge in [0.25, 0.3) is 0 Å². The molecule has 0 radical (unpaired) electrons. The van der Waals surface area contributed by atoms with E-state index in [1.807, 2.05) is 23.6 Å². The third-order valence-electron chi connectivity index (χ3n) is 3.57. The number of thiophene rings is 1. The molecule has 2 aromatic rings. The Morgan fingerprint density at radius 2 is 2.08 bits per heavy atom. The van der Waals surface area contributed by atoms with Crippen LogP contribution in [0.5, 0.6) is 0 Å². The molecule has 130 valence electrons. The van der Waals surface area contributed by atoms with E-state index in [1.54, 1.807) is 11.7 Å². The molecule has 0 saturated heterocycles. The molecule has 2 heterocycles. The Labute approximate surface area is 146 Å². The average Bonchev–Trinajstić information content (AvgIpc) is 3.07. The summed E-state index contributed by atoms with van der Waals surface area (Å²) in [6, 6.07) is 5.39. The van der Waals surface area contributed by atoms with Crippen molar-refractivity contribution in [2.75, 3.05) is 5.32 Å². The third kappa shape index (κ3) is 4.67. The zero-order chi connectivity index (χ0) is 17.9. The first-order valence-corrected chi connectivity index (χ1v) is 8.69. The van der Waals surface area contributed by atoms with E-state index in [0.717, 1.165) is 10.6 Å². The van der Waals surface area contributed by atoms with E-state index in [2.05, 4.69) is 36.5 Å². The molecule has 0 aliphatic carbocycles. The molecule has 2 aromatic heterocycles. The highest BCUT2D eigenvalue weighted by molar-refractivity contribution is 7.10. The Kier molecular flexibility index (Phi) is 5.43. The molecule has 0 bridgehead atoms. The summed E-state index contributed by atoms with van der Waals surface area (Å²) in [6.07, 6.45) is 0.177. The van der Waals surface area contributed by atoms with Gasteiger partial charge in [-0.25, -0.2) is 0 Å². The topological polar surface area (TPSA) is 76.0 Å². The average molecular weight is 348 g/mol. The predicted octanol–water partition coefficient (Wildman–Crippen LogP) is 2.99. The second-order valence-corrected chi connectivity index (χ2v) is 7.79. The largest absolute Gasteiger partial charge is 0.348 e. The van der Waals surface area contributed by atoms with Crippen LogP contribution in [0.15, 0.2) is 23.6 Å². The highest BCUT2D eigenvalue weighted by Crippen LogP contribution is 2.25. The number of hydrogen-bond acceptors (Lipinski definition) is 4. The zero-order valence-corrected chi connectivity index (χ0v) is 15.5. The number of anilines is 1. The number of aryl methyl sites for hydroxylation is 1. The molecule has 7 heteroatoms. The van der Waals surface area contributed by atoms with Gasteiger partial charge < -0.3 is 10.6 Å². The van der Waals surface area contributed by atoms with Gasteiger partial charge in [-0.15, -0.1) is 11.3 Å². The van der Waals surface area contributed by atoms with Crippen LogP contribution in [0.25, 0.3) is 0 Å². The van der Waals surface area contributed by atoms with Gasteiger partial charge >= 0.3 is 0 Å². The maximum Gasteiger partial charge on any atom is 0.227 e. The van der Waals surface area contributed by atoms with E-state index < -0.39 is 0 Å². The Morgan fingerprint density at radius 1 is 1.38 bits per heavy atom. The Balaban J connectivity index is 2.09. The fourth-order valence-electron chi connectivity index (χ4n) is 2.29. The van der Waals surface area contributed by atoms with Gasteiger partial charge in [-0.1, -0.05) is 26.8 Å². The lowest BCUT2D eigenvalue weighted by Gasteiger charge is -2.16. The van der Waals surface area contributed by atoms with E-state index in [-0.39, 0.29) is 29.7 Å². The first-order chi connectivity index (χ1) is 11.2. The summed E-state index contributed by atoms with van der Waals surface area (Å²) in [5, 5.41) is 12.1. The molecule has 2 rings (SSSR count). The third-order valence-corrected chi connectivity index (χ3v) is 4.56. The molecule has 0 aliphatic heterocycles. The standard InChI is InChI=1S/C17H24N4O2S/c1-11(22)18-12(13-7-6-8-24-13)9-16(23)19-15-10-14(17(2,3)4)20-21(15)5/h6-8,10,12H,9H2,1-5H3,(H,18,22)(H,19,23)/t12-/m1/s1. The summed E-state index contributed by atoms with van der Waals surface area (Å²) in [7, 11) is 1.80. The number of rotatable bonds is 5. The van der Waals surface area contributed by atoms with Crippen molar-refractivity contribution >= 4 is 29.0 Å². The monoisotopic (exact) mass is 348 g/mol. The number of aromatic nitrogens is 2.